The topological polar surface area (TPSA) is 24.5 Å². The van der Waals surface area contributed by atoms with E-state index in [4.69, 9.17) is 4.74 Å². The predicted molar refractivity (Wildman–Crippen MR) is 84.4 cm³/mol. The fourth-order valence-electron chi connectivity index (χ4n) is 4.00. The first kappa shape index (κ1) is 13.7. The molecule has 1 saturated carbocycles. The fourth-order valence-corrected chi connectivity index (χ4v) is 4.00. The van der Waals surface area contributed by atoms with Gasteiger partial charge in [-0.1, -0.05) is 24.3 Å². The zero-order chi connectivity index (χ0) is 14.2. The lowest BCUT2D eigenvalue weighted by molar-refractivity contribution is -0.00627. The molecule has 21 heavy (non-hydrogen) atoms. The normalized spacial score (nSPS) is 33.7. The number of fused-ring (bicyclic) bond motifs is 1. The first-order valence-corrected chi connectivity index (χ1v) is 8.48. The molecule has 2 aliphatic heterocycles. The molecule has 2 heterocycles. The van der Waals surface area contributed by atoms with Crippen molar-refractivity contribution in [3.8, 4) is 0 Å². The minimum Gasteiger partial charge on any atom is -0.372 e. The van der Waals surface area contributed by atoms with E-state index in [-0.39, 0.29) is 6.10 Å². The maximum Gasteiger partial charge on any atom is 0.0954 e. The molecule has 4 rings (SSSR count). The van der Waals surface area contributed by atoms with Crippen molar-refractivity contribution in [2.24, 2.45) is 5.92 Å². The van der Waals surface area contributed by atoms with Crippen molar-refractivity contribution >= 4 is 0 Å². The van der Waals surface area contributed by atoms with Crippen LogP contribution in [0.1, 0.15) is 37.0 Å². The number of nitrogens with one attached hydrogen (secondary N) is 1. The van der Waals surface area contributed by atoms with Crippen LogP contribution in [0.25, 0.3) is 0 Å². The first-order chi connectivity index (χ1) is 10.3. The van der Waals surface area contributed by atoms with Gasteiger partial charge in [0.05, 0.1) is 12.7 Å². The van der Waals surface area contributed by atoms with Crippen LogP contribution in [0.3, 0.4) is 0 Å². The van der Waals surface area contributed by atoms with Gasteiger partial charge in [-0.05, 0) is 43.2 Å². The van der Waals surface area contributed by atoms with E-state index < -0.39 is 0 Å². The van der Waals surface area contributed by atoms with Gasteiger partial charge >= 0.3 is 0 Å². The molecule has 1 N–H and O–H groups in total. The van der Waals surface area contributed by atoms with Gasteiger partial charge in [-0.15, -0.1) is 0 Å². The highest BCUT2D eigenvalue weighted by Gasteiger charge is 2.39. The van der Waals surface area contributed by atoms with Crippen LogP contribution in [-0.2, 0) is 11.2 Å². The molecule has 0 radical (unpaired) electrons. The van der Waals surface area contributed by atoms with E-state index >= 15 is 0 Å². The van der Waals surface area contributed by atoms with Crippen LogP contribution in [0.5, 0.6) is 0 Å². The standard InChI is InChI=1S/C18H26N2O/c1-13-11-20(17(10-19-13)15-6-7-15)12-18-16-5-3-2-4-14(16)8-9-21-18/h2-5,13,15,17-19H,6-12H2,1H3. The maximum absolute atomic E-state index is 6.13. The Morgan fingerprint density at radius 3 is 3.00 bits per heavy atom. The summed E-state index contributed by atoms with van der Waals surface area (Å²) in [6.07, 6.45) is 4.16. The van der Waals surface area contributed by atoms with Crippen LogP contribution in [0.2, 0.25) is 0 Å². The van der Waals surface area contributed by atoms with Crippen LogP contribution >= 0.6 is 0 Å². The smallest absolute Gasteiger partial charge is 0.0954 e. The molecule has 3 aliphatic rings. The van der Waals surface area contributed by atoms with E-state index in [9.17, 15) is 0 Å². The third kappa shape index (κ3) is 2.87. The Morgan fingerprint density at radius 1 is 1.29 bits per heavy atom. The van der Waals surface area contributed by atoms with Gasteiger partial charge in [0.15, 0.2) is 0 Å². The van der Waals surface area contributed by atoms with E-state index in [1.165, 1.54) is 24.0 Å². The molecule has 0 bridgehead atoms. The van der Waals surface area contributed by atoms with Gasteiger partial charge in [-0.3, -0.25) is 4.90 Å². The van der Waals surface area contributed by atoms with Gasteiger partial charge in [0.25, 0.3) is 0 Å². The summed E-state index contributed by atoms with van der Waals surface area (Å²) in [6.45, 7) is 6.54. The van der Waals surface area contributed by atoms with Crippen LogP contribution in [-0.4, -0.2) is 43.2 Å². The molecule has 1 aromatic carbocycles. The second-order valence-electron chi connectivity index (χ2n) is 6.98. The van der Waals surface area contributed by atoms with Crippen LogP contribution in [0, 0.1) is 5.92 Å². The lowest BCUT2D eigenvalue weighted by atomic mass is 9.96. The number of nitrogens with zero attached hydrogens (tertiary/aromatic N) is 1. The van der Waals surface area contributed by atoms with E-state index in [0.29, 0.717) is 6.04 Å². The van der Waals surface area contributed by atoms with Gasteiger partial charge in [0.2, 0.25) is 0 Å². The summed E-state index contributed by atoms with van der Waals surface area (Å²) < 4.78 is 6.13. The molecule has 1 aliphatic carbocycles. The fraction of sp³-hybridized carbons (Fsp3) is 0.667. The highest BCUT2D eigenvalue weighted by molar-refractivity contribution is 5.31. The Kier molecular flexibility index (Phi) is 3.74. The van der Waals surface area contributed by atoms with Gasteiger partial charge in [0, 0.05) is 31.7 Å². The summed E-state index contributed by atoms with van der Waals surface area (Å²) in [5.74, 6) is 0.920. The summed E-state index contributed by atoms with van der Waals surface area (Å²) >= 11 is 0. The lowest BCUT2D eigenvalue weighted by Gasteiger charge is -2.42. The second kappa shape index (κ2) is 5.71. The van der Waals surface area contributed by atoms with Gasteiger partial charge in [-0.2, -0.15) is 0 Å². The monoisotopic (exact) mass is 286 g/mol. The second-order valence-corrected chi connectivity index (χ2v) is 6.98. The van der Waals surface area contributed by atoms with Crippen molar-refractivity contribution in [3.05, 3.63) is 35.4 Å². The molecule has 3 atom stereocenters. The minimum absolute atomic E-state index is 0.265. The van der Waals surface area contributed by atoms with E-state index in [1.807, 2.05) is 0 Å². The van der Waals surface area contributed by atoms with Crippen LogP contribution < -0.4 is 5.32 Å². The summed E-state index contributed by atoms with van der Waals surface area (Å²) in [7, 11) is 0. The number of hydrogen-bond donors (Lipinski definition) is 1. The number of piperazine rings is 1. The van der Waals surface area contributed by atoms with Gasteiger partial charge < -0.3 is 10.1 Å². The quantitative estimate of drug-likeness (QED) is 0.923. The average molecular weight is 286 g/mol. The molecular weight excluding hydrogens is 260 g/mol. The molecule has 0 amide bonds. The molecule has 114 valence electrons. The van der Waals surface area contributed by atoms with Crippen LogP contribution in [0.4, 0.5) is 0 Å². The van der Waals surface area contributed by atoms with E-state index in [1.54, 1.807) is 0 Å². The summed E-state index contributed by atoms with van der Waals surface area (Å²) in [6, 6.07) is 10.2. The number of rotatable bonds is 3. The third-order valence-corrected chi connectivity index (χ3v) is 5.31. The van der Waals surface area contributed by atoms with Crippen molar-refractivity contribution in [2.45, 2.75) is 44.4 Å². The molecule has 2 fully saturated rings. The van der Waals surface area contributed by atoms with Crippen molar-refractivity contribution in [3.63, 3.8) is 0 Å². The Hall–Kier alpha value is -0.900. The SMILES string of the molecule is CC1CN(CC2OCCc3ccccc32)C(C2CC2)CN1. The minimum atomic E-state index is 0.265. The number of ether oxygens (including phenoxy) is 1. The molecule has 3 unspecified atom stereocenters. The molecule has 1 saturated heterocycles. The number of benzene rings is 1. The molecule has 3 nitrogen and oxygen atoms in total. The van der Waals surface area contributed by atoms with Crippen molar-refractivity contribution in [1.29, 1.82) is 0 Å². The Labute approximate surface area is 127 Å². The summed E-state index contributed by atoms with van der Waals surface area (Å²) in [4.78, 5) is 2.70. The first-order valence-electron chi connectivity index (χ1n) is 8.48. The molecular formula is C18H26N2O. The zero-order valence-electron chi connectivity index (χ0n) is 12.9. The Bertz CT molecular complexity index is 500. The van der Waals surface area contributed by atoms with E-state index in [0.717, 1.165) is 44.6 Å². The average Bonchev–Trinajstić information content (AvgIpc) is 3.33. The largest absolute Gasteiger partial charge is 0.372 e. The molecule has 0 aromatic heterocycles. The van der Waals surface area contributed by atoms with E-state index in [2.05, 4.69) is 41.4 Å². The number of hydrogen-bond acceptors (Lipinski definition) is 3. The third-order valence-electron chi connectivity index (χ3n) is 5.31. The highest BCUT2D eigenvalue weighted by atomic mass is 16.5. The Morgan fingerprint density at radius 2 is 2.14 bits per heavy atom. The lowest BCUT2D eigenvalue weighted by Crippen LogP contribution is -2.57. The van der Waals surface area contributed by atoms with Gasteiger partial charge in [-0.25, -0.2) is 0 Å². The summed E-state index contributed by atoms with van der Waals surface area (Å²) in [5, 5.41) is 3.66. The predicted octanol–water partition coefficient (Wildman–Crippen LogP) is 2.37. The highest BCUT2D eigenvalue weighted by Crippen LogP contribution is 2.37. The van der Waals surface area contributed by atoms with Crippen molar-refractivity contribution in [2.75, 3.05) is 26.2 Å². The van der Waals surface area contributed by atoms with Crippen molar-refractivity contribution in [1.82, 2.24) is 10.2 Å². The maximum atomic E-state index is 6.13. The van der Waals surface area contributed by atoms with Crippen molar-refractivity contribution < 1.29 is 4.74 Å². The molecule has 3 heteroatoms. The van der Waals surface area contributed by atoms with Gasteiger partial charge in [0.1, 0.15) is 0 Å². The van der Waals surface area contributed by atoms with Crippen LogP contribution in [0.15, 0.2) is 24.3 Å². The molecule has 0 spiro atoms. The Balaban J connectivity index is 1.51. The molecule has 1 aromatic rings. The summed E-state index contributed by atoms with van der Waals surface area (Å²) in [5.41, 5.74) is 2.91. The zero-order valence-corrected chi connectivity index (χ0v) is 12.9.